The van der Waals surface area contributed by atoms with Crippen LogP contribution in [0.4, 0.5) is 5.69 Å². The number of diazo groups is 1. The first kappa shape index (κ1) is 10.7. The average Bonchev–Trinajstić information content (AvgIpc) is 2.07. The SMILES string of the molecule is CCOc1ccc([N+]#N)cc1.[Cl-]. The second-order valence-electron chi connectivity index (χ2n) is 2.03. The van der Waals surface area contributed by atoms with Gasteiger partial charge in [0.1, 0.15) is 5.75 Å². The zero-order valence-corrected chi connectivity index (χ0v) is 7.45. The molecule has 0 atom stereocenters. The van der Waals surface area contributed by atoms with E-state index >= 15 is 0 Å². The highest BCUT2D eigenvalue weighted by molar-refractivity contribution is 5.46. The van der Waals surface area contributed by atoms with Gasteiger partial charge in [-0.1, -0.05) is 0 Å². The van der Waals surface area contributed by atoms with Gasteiger partial charge >= 0.3 is 5.69 Å². The van der Waals surface area contributed by atoms with Crippen LogP contribution < -0.4 is 17.1 Å². The standard InChI is InChI=1S/C8H9N2O.ClH/c1-2-11-8-5-3-7(10-9)4-6-8;/h3-6H,2H2,1H3;1H/q+1;/p-1. The summed E-state index contributed by atoms with van der Waals surface area (Å²) in [5, 5.41) is 8.34. The minimum atomic E-state index is 0. The third kappa shape index (κ3) is 2.77. The molecule has 0 amide bonds. The molecule has 0 radical (unpaired) electrons. The van der Waals surface area contributed by atoms with E-state index in [1.165, 1.54) is 0 Å². The molecule has 3 nitrogen and oxygen atoms in total. The molecule has 1 aromatic carbocycles. The highest BCUT2D eigenvalue weighted by Crippen LogP contribution is 2.17. The van der Waals surface area contributed by atoms with E-state index in [2.05, 4.69) is 4.98 Å². The predicted octanol–water partition coefficient (Wildman–Crippen LogP) is -0.426. The molecule has 12 heavy (non-hydrogen) atoms. The monoisotopic (exact) mass is 184 g/mol. The molecule has 0 aromatic heterocycles. The van der Waals surface area contributed by atoms with Gasteiger partial charge in [-0.25, -0.2) is 0 Å². The second kappa shape index (κ2) is 5.39. The minimum absolute atomic E-state index is 0. The Kier molecular flexibility index (Phi) is 4.82. The lowest BCUT2D eigenvalue weighted by Gasteiger charge is -1.98. The first-order chi connectivity index (χ1) is 5.36. The highest BCUT2D eigenvalue weighted by Gasteiger charge is 2.01. The van der Waals surface area contributed by atoms with E-state index in [1.54, 1.807) is 24.3 Å². The first-order valence-corrected chi connectivity index (χ1v) is 3.44. The molecule has 0 aliphatic carbocycles. The Hall–Kier alpha value is -1.27. The maximum atomic E-state index is 8.34. The van der Waals surface area contributed by atoms with Crippen molar-refractivity contribution in [1.29, 1.82) is 5.39 Å². The minimum Gasteiger partial charge on any atom is -1.00 e. The van der Waals surface area contributed by atoms with Crippen molar-refractivity contribution in [2.45, 2.75) is 6.92 Å². The van der Waals surface area contributed by atoms with Crippen LogP contribution in [-0.2, 0) is 0 Å². The Morgan fingerprint density at radius 3 is 2.33 bits per heavy atom. The summed E-state index contributed by atoms with van der Waals surface area (Å²) in [6, 6.07) is 6.90. The zero-order valence-electron chi connectivity index (χ0n) is 6.70. The molecule has 0 aliphatic rings. The molecule has 0 heterocycles. The van der Waals surface area contributed by atoms with Gasteiger partial charge in [-0.15, -0.1) is 0 Å². The van der Waals surface area contributed by atoms with Gasteiger partial charge in [0.05, 0.1) is 6.61 Å². The van der Waals surface area contributed by atoms with Gasteiger partial charge in [0.2, 0.25) is 5.39 Å². The van der Waals surface area contributed by atoms with Crippen molar-refractivity contribution in [2.24, 2.45) is 0 Å². The normalized spacial score (nSPS) is 8.00. The quantitative estimate of drug-likeness (QED) is 0.586. The maximum absolute atomic E-state index is 8.34. The lowest BCUT2D eigenvalue weighted by atomic mass is 10.3. The molecule has 4 heteroatoms. The van der Waals surface area contributed by atoms with Crippen LogP contribution in [0.5, 0.6) is 5.75 Å². The Morgan fingerprint density at radius 2 is 1.92 bits per heavy atom. The number of halogens is 1. The van der Waals surface area contributed by atoms with Crippen molar-refractivity contribution < 1.29 is 17.1 Å². The van der Waals surface area contributed by atoms with E-state index in [1.807, 2.05) is 6.92 Å². The molecule has 1 rings (SSSR count). The van der Waals surface area contributed by atoms with Gasteiger partial charge in [0.15, 0.2) is 4.98 Å². The summed E-state index contributed by atoms with van der Waals surface area (Å²) in [5.74, 6) is 0.792. The Bertz CT molecular complexity index is 265. The molecule has 0 N–H and O–H groups in total. The van der Waals surface area contributed by atoms with Crippen molar-refractivity contribution in [3.8, 4) is 5.75 Å². The van der Waals surface area contributed by atoms with E-state index in [-0.39, 0.29) is 12.4 Å². The van der Waals surface area contributed by atoms with Crippen LogP contribution in [0.15, 0.2) is 24.3 Å². The highest BCUT2D eigenvalue weighted by atomic mass is 35.5. The van der Waals surface area contributed by atoms with Crippen molar-refractivity contribution in [3.63, 3.8) is 0 Å². The van der Waals surface area contributed by atoms with Crippen LogP contribution in [0.25, 0.3) is 4.98 Å². The van der Waals surface area contributed by atoms with Gasteiger partial charge in [0.25, 0.3) is 0 Å². The third-order valence-electron chi connectivity index (χ3n) is 1.26. The zero-order chi connectivity index (χ0) is 8.10. The molecule has 0 unspecified atom stereocenters. The lowest BCUT2D eigenvalue weighted by molar-refractivity contribution is -0.00000308. The van der Waals surface area contributed by atoms with Crippen molar-refractivity contribution in [3.05, 3.63) is 29.2 Å². The summed E-state index contributed by atoms with van der Waals surface area (Å²) in [4.78, 5) is 3.02. The average molecular weight is 185 g/mol. The molecule has 1 aromatic rings. The van der Waals surface area contributed by atoms with Gasteiger partial charge in [-0.3, -0.25) is 0 Å². The number of nitrogens with zero attached hydrogens (tertiary/aromatic N) is 2. The van der Waals surface area contributed by atoms with E-state index in [0.29, 0.717) is 12.3 Å². The fourth-order valence-electron chi connectivity index (χ4n) is 0.776. The number of ether oxygens (including phenoxy) is 1. The summed E-state index contributed by atoms with van der Waals surface area (Å²) in [6.45, 7) is 2.57. The van der Waals surface area contributed by atoms with E-state index in [9.17, 15) is 0 Å². The molecular weight excluding hydrogens is 176 g/mol. The predicted molar refractivity (Wildman–Crippen MR) is 42.4 cm³/mol. The van der Waals surface area contributed by atoms with E-state index in [4.69, 9.17) is 10.1 Å². The van der Waals surface area contributed by atoms with Crippen LogP contribution in [-0.4, -0.2) is 6.61 Å². The third-order valence-corrected chi connectivity index (χ3v) is 1.26. The summed E-state index contributed by atoms with van der Waals surface area (Å²) >= 11 is 0. The molecule has 0 saturated carbocycles. The number of benzene rings is 1. The fraction of sp³-hybridized carbons (Fsp3) is 0.250. The topological polar surface area (TPSA) is 37.4 Å². The van der Waals surface area contributed by atoms with Gasteiger partial charge < -0.3 is 17.1 Å². The Labute approximate surface area is 77.4 Å². The van der Waals surface area contributed by atoms with Crippen LogP contribution in [0, 0.1) is 5.39 Å². The molecular formula is C8H9ClN2O. The Morgan fingerprint density at radius 1 is 1.33 bits per heavy atom. The van der Waals surface area contributed by atoms with Crippen molar-refractivity contribution >= 4 is 5.69 Å². The van der Waals surface area contributed by atoms with Crippen LogP contribution in [0.3, 0.4) is 0 Å². The van der Waals surface area contributed by atoms with E-state index in [0.717, 1.165) is 5.75 Å². The number of hydrogen-bond donors (Lipinski definition) is 0. The molecule has 0 aliphatic heterocycles. The molecule has 0 bridgehead atoms. The van der Waals surface area contributed by atoms with Crippen LogP contribution in [0.2, 0.25) is 0 Å². The summed E-state index contributed by atoms with van der Waals surface area (Å²) in [7, 11) is 0. The summed E-state index contributed by atoms with van der Waals surface area (Å²) < 4.78 is 5.18. The number of hydrogen-bond acceptors (Lipinski definition) is 2. The Balaban J connectivity index is 0.00000121. The lowest BCUT2D eigenvalue weighted by Crippen LogP contribution is -3.00. The van der Waals surface area contributed by atoms with Crippen LogP contribution in [0.1, 0.15) is 6.92 Å². The summed E-state index contributed by atoms with van der Waals surface area (Å²) in [6.07, 6.45) is 0. The van der Waals surface area contributed by atoms with Crippen LogP contribution >= 0.6 is 0 Å². The largest absolute Gasteiger partial charge is 1.00 e. The number of rotatable bonds is 2. The summed E-state index contributed by atoms with van der Waals surface area (Å²) in [5.41, 5.74) is 0.536. The van der Waals surface area contributed by atoms with Gasteiger partial charge in [-0.05, 0) is 19.1 Å². The molecule has 0 saturated heterocycles. The molecule has 0 fully saturated rings. The van der Waals surface area contributed by atoms with Gasteiger partial charge in [-0.2, -0.15) is 0 Å². The second-order valence-corrected chi connectivity index (χ2v) is 2.03. The van der Waals surface area contributed by atoms with Gasteiger partial charge in [0, 0.05) is 12.1 Å². The first-order valence-electron chi connectivity index (χ1n) is 3.44. The molecule has 64 valence electrons. The smallest absolute Gasteiger partial charge is 0.385 e. The van der Waals surface area contributed by atoms with Crippen molar-refractivity contribution in [2.75, 3.05) is 6.61 Å². The van der Waals surface area contributed by atoms with E-state index < -0.39 is 0 Å². The maximum Gasteiger partial charge on any atom is 0.385 e. The van der Waals surface area contributed by atoms with Crippen molar-refractivity contribution in [1.82, 2.24) is 0 Å². The molecule has 0 spiro atoms. The fourth-order valence-corrected chi connectivity index (χ4v) is 0.776.